The average Bonchev–Trinajstić information content (AvgIpc) is 2.87. The van der Waals surface area contributed by atoms with Crippen LogP contribution >= 0.6 is 12.4 Å². The Hall–Kier alpha value is -1.34. The van der Waals surface area contributed by atoms with Gasteiger partial charge in [-0.15, -0.1) is 12.4 Å². The van der Waals surface area contributed by atoms with Crippen LogP contribution in [0, 0.1) is 11.8 Å². The Bertz CT molecular complexity index is 561. The van der Waals surface area contributed by atoms with Crippen LogP contribution in [0.4, 0.5) is 4.79 Å². The van der Waals surface area contributed by atoms with Crippen molar-refractivity contribution in [2.45, 2.75) is 57.4 Å². The van der Waals surface area contributed by atoms with E-state index in [4.69, 9.17) is 0 Å². The highest BCUT2D eigenvalue weighted by Gasteiger charge is 2.52. The minimum Gasteiger partial charge on any atom is -0.341 e. The van der Waals surface area contributed by atoms with Gasteiger partial charge in [-0.3, -0.25) is 14.5 Å². The van der Waals surface area contributed by atoms with Crippen molar-refractivity contribution in [1.82, 2.24) is 20.4 Å². The van der Waals surface area contributed by atoms with Crippen molar-refractivity contribution in [2.24, 2.45) is 11.8 Å². The number of nitrogens with zero attached hydrogens (tertiary/aromatic N) is 2. The van der Waals surface area contributed by atoms with Crippen molar-refractivity contribution in [3.63, 3.8) is 0 Å². The van der Waals surface area contributed by atoms with Gasteiger partial charge in [-0.1, -0.05) is 13.3 Å². The maximum absolute atomic E-state index is 12.9. The highest BCUT2D eigenvalue weighted by molar-refractivity contribution is 6.09. The van der Waals surface area contributed by atoms with Gasteiger partial charge in [0.2, 0.25) is 5.91 Å². The van der Waals surface area contributed by atoms with Crippen LogP contribution in [0.15, 0.2) is 0 Å². The van der Waals surface area contributed by atoms with E-state index in [9.17, 15) is 14.4 Å². The Labute approximate surface area is 168 Å². The molecular weight excluding hydrogens is 368 g/mol. The number of likely N-dealkylation sites (tertiary alicyclic amines) is 1. The third-order valence-corrected chi connectivity index (χ3v) is 6.44. The molecule has 27 heavy (non-hydrogen) atoms. The smallest absolute Gasteiger partial charge is 0.325 e. The molecule has 4 amide bonds. The van der Waals surface area contributed by atoms with E-state index in [1.807, 2.05) is 11.9 Å². The van der Waals surface area contributed by atoms with Crippen LogP contribution < -0.4 is 10.6 Å². The van der Waals surface area contributed by atoms with E-state index in [1.54, 1.807) is 0 Å². The zero-order valence-electron chi connectivity index (χ0n) is 16.5. The topological polar surface area (TPSA) is 81.8 Å². The normalized spacial score (nSPS) is 31.0. The Kier molecular flexibility index (Phi) is 7.51. The fraction of sp³-hybridized carbons (Fsp3) is 0.842. The second-order valence-corrected chi connectivity index (χ2v) is 8.16. The molecule has 2 N–H and O–H groups in total. The van der Waals surface area contributed by atoms with Crippen LogP contribution in [-0.2, 0) is 9.59 Å². The molecule has 154 valence electrons. The van der Waals surface area contributed by atoms with Gasteiger partial charge in [0.1, 0.15) is 12.1 Å². The number of hydrogen-bond donors (Lipinski definition) is 2. The van der Waals surface area contributed by atoms with Crippen molar-refractivity contribution in [1.29, 1.82) is 0 Å². The van der Waals surface area contributed by atoms with Gasteiger partial charge in [0.25, 0.3) is 5.91 Å². The highest BCUT2D eigenvalue weighted by atomic mass is 35.5. The molecule has 0 aromatic heterocycles. The first-order chi connectivity index (χ1) is 12.5. The Morgan fingerprint density at radius 3 is 2.56 bits per heavy atom. The van der Waals surface area contributed by atoms with Gasteiger partial charge in [0, 0.05) is 13.1 Å². The quantitative estimate of drug-likeness (QED) is 0.689. The van der Waals surface area contributed by atoms with Crippen molar-refractivity contribution >= 4 is 30.3 Å². The number of imide groups is 1. The molecule has 2 saturated heterocycles. The number of amides is 4. The number of piperidine rings is 1. The maximum Gasteiger partial charge on any atom is 0.325 e. The summed E-state index contributed by atoms with van der Waals surface area (Å²) in [6.07, 6.45) is 6.49. The van der Waals surface area contributed by atoms with Crippen LogP contribution in [0.2, 0.25) is 0 Å². The van der Waals surface area contributed by atoms with Crippen molar-refractivity contribution < 1.29 is 14.4 Å². The maximum atomic E-state index is 12.9. The van der Waals surface area contributed by atoms with Gasteiger partial charge >= 0.3 is 6.03 Å². The Morgan fingerprint density at radius 2 is 1.93 bits per heavy atom. The molecule has 0 aromatic rings. The SMILES string of the molecule is CCC1CCC2(CC1)NC(=O)N(CC(=O)N1CCCC(CNC)C1)C2=O.Cl. The molecule has 7 nitrogen and oxygen atoms in total. The number of carbonyl (C=O) groups is 3. The minimum absolute atomic E-state index is 0. The summed E-state index contributed by atoms with van der Waals surface area (Å²) in [5.74, 6) is 0.762. The lowest BCUT2D eigenvalue weighted by Gasteiger charge is -2.35. The first kappa shape index (κ1) is 22.0. The molecule has 8 heteroatoms. The first-order valence-electron chi connectivity index (χ1n) is 10.1. The summed E-state index contributed by atoms with van der Waals surface area (Å²) in [7, 11) is 1.92. The van der Waals surface area contributed by atoms with Gasteiger partial charge in [0.15, 0.2) is 0 Å². The Morgan fingerprint density at radius 1 is 1.22 bits per heavy atom. The third kappa shape index (κ3) is 4.57. The van der Waals surface area contributed by atoms with E-state index in [0.29, 0.717) is 37.8 Å². The summed E-state index contributed by atoms with van der Waals surface area (Å²) in [5.41, 5.74) is -0.764. The van der Waals surface area contributed by atoms with Gasteiger partial charge in [0.05, 0.1) is 0 Å². The Balaban J connectivity index is 0.00000261. The van der Waals surface area contributed by atoms with Gasteiger partial charge in [-0.05, 0) is 64.0 Å². The van der Waals surface area contributed by atoms with E-state index >= 15 is 0 Å². The van der Waals surface area contributed by atoms with Gasteiger partial charge in [-0.25, -0.2) is 4.79 Å². The molecule has 3 aliphatic rings. The van der Waals surface area contributed by atoms with Crippen molar-refractivity contribution in [3.05, 3.63) is 0 Å². The van der Waals surface area contributed by atoms with Gasteiger partial charge < -0.3 is 15.5 Å². The summed E-state index contributed by atoms with van der Waals surface area (Å²) in [5, 5.41) is 6.07. The molecular formula is C19H33ClN4O3. The zero-order valence-corrected chi connectivity index (χ0v) is 17.3. The molecule has 3 rings (SSSR count). The lowest BCUT2D eigenvalue weighted by molar-refractivity contribution is -0.140. The van der Waals surface area contributed by atoms with Crippen LogP contribution in [0.5, 0.6) is 0 Å². The number of urea groups is 1. The molecule has 2 aliphatic heterocycles. The largest absolute Gasteiger partial charge is 0.341 e. The van der Waals surface area contributed by atoms with E-state index in [-0.39, 0.29) is 30.8 Å². The molecule has 0 bridgehead atoms. The monoisotopic (exact) mass is 400 g/mol. The summed E-state index contributed by atoms with van der Waals surface area (Å²) in [6.45, 7) is 4.34. The fourth-order valence-electron chi connectivity index (χ4n) is 4.72. The van der Waals surface area contributed by atoms with E-state index in [2.05, 4.69) is 17.6 Å². The van der Waals surface area contributed by atoms with Crippen LogP contribution in [-0.4, -0.2) is 66.4 Å². The van der Waals surface area contributed by atoms with Crippen molar-refractivity contribution in [2.75, 3.05) is 33.2 Å². The van der Waals surface area contributed by atoms with E-state index < -0.39 is 11.6 Å². The summed E-state index contributed by atoms with van der Waals surface area (Å²) < 4.78 is 0. The molecule has 3 fully saturated rings. The predicted octanol–water partition coefficient (Wildman–Crippen LogP) is 1.76. The second kappa shape index (κ2) is 9.24. The molecule has 1 aliphatic carbocycles. The number of hydrogen-bond acceptors (Lipinski definition) is 4. The molecule has 1 spiro atoms. The summed E-state index contributed by atoms with van der Waals surface area (Å²) in [6, 6.07) is -0.401. The zero-order chi connectivity index (χ0) is 18.7. The number of carbonyl (C=O) groups excluding carboxylic acids is 3. The molecule has 1 saturated carbocycles. The van der Waals surface area contributed by atoms with E-state index in [0.717, 1.165) is 43.5 Å². The van der Waals surface area contributed by atoms with Crippen LogP contribution in [0.1, 0.15) is 51.9 Å². The molecule has 2 heterocycles. The summed E-state index contributed by atoms with van der Waals surface area (Å²) >= 11 is 0. The van der Waals surface area contributed by atoms with Crippen LogP contribution in [0.25, 0.3) is 0 Å². The average molecular weight is 401 g/mol. The molecule has 0 radical (unpaired) electrons. The fourth-order valence-corrected chi connectivity index (χ4v) is 4.72. The highest BCUT2D eigenvalue weighted by Crippen LogP contribution is 2.37. The molecule has 1 atom stereocenters. The second-order valence-electron chi connectivity index (χ2n) is 8.16. The standard InChI is InChI=1S/C19H32N4O3.ClH/c1-3-14-6-8-19(9-7-14)17(25)23(18(26)21-19)13-16(24)22-10-4-5-15(12-22)11-20-2;/h14-15,20H,3-13H2,1-2H3,(H,21,26);1H. The molecule has 1 unspecified atom stereocenters. The van der Waals surface area contributed by atoms with Crippen LogP contribution in [0.3, 0.4) is 0 Å². The number of rotatable bonds is 5. The van der Waals surface area contributed by atoms with Gasteiger partial charge in [-0.2, -0.15) is 0 Å². The third-order valence-electron chi connectivity index (χ3n) is 6.44. The van der Waals surface area contributed by atoms with E-state index in [1.165, 1.54) is 0 Å². The molecule has 0 aromatic carbocycles. The number of nitrogens with one attached hydrogen (secondary N) is 2. The lowest BCUT2D eigenvalue weighted by Crippen LogP contribution is -2.51. The number of halogens is 1. The summed E-state index contributed by atoms with van der Waals surface area (Å²) in [4.78, 5) is 41.0. The minimum atomic E-state index is -0.764. The first-order valence-corrected chi connectivity index (χ1v) is 10.1. The lowest BCUT2D eigenvalue weighted by atomic mass is 9.75. The van der Waals surface area contributed by atoms with Crippen molar-refractivity contribution in [3.8, 4) is 0 Å². The predicted molar refractivity (Wildman–Crippen MR) is 106 cm³/mol.